The van der Waals surface area contributed by atoms with Crippen LogP contribution in [-0.4, -0.2) is 39.2 Å². The summed E-state index contributed by atoms with van der Waals surface area (Å²) < 4.78 is 0. The Kier molecular flexibility index (Phi) is 5.51. The lowest BCUT2D eigenvalue weighted by Crippen LogP contribution is -2.40. The van der Waals surface area contributed by atoms with Crippen LogP contribution in [0.15, 0.2) is 61.2 Å². The molecule has 1 N–H and O–H groups in total. The van der Waals surface area contributed by atoms with Gasteiger partial charge < -0.3 is 10.2 Å². The highest BCUT2D eigenvalue weighted by atomic mass is 16.1. The van der Waals surface area contributed by atoms with Crippen LogP contribution in [-0.2, 0) is 11.3 Å². The Hall–Kier alpha value is -3.35. The number of rotatable bonds is 5. The lowest BCUT2D eigenvalue weighted by atomic mass is 9.96. The van der Waals surface area contributed by atoms with Crippen molar-refractivity contribution in [1.82, 2.24) is 25.5 Å². The van der Waals surface area contributed by atoms with E-state index in [-0.39, 0.29) is 11.8 Å². The summed E-state index contributed by atoms with van der Waals surface area (Å²) in [5.41, 5.74) is 2.89. The Labute approximate surface area is 163 Å². The van der Waals surface area contributed by atoms with E-state index in [4.69, 9.17) is 0 Å². The zero-order valence-electron chi connectivity index (χ0n) is 15.5. The first-order valence-electron chi connectivity index (χ1n) is 9.45. The summed E-state index contributed by atoms with van der Waals surface area (Å²) in [7, 11) is 0. The minimum Gasteiger partial charge on any atom is -0.355 e. The van der Waals surface area contributed by atoms with Crippen LogP contribution in [0, 0.1) is 5.92 Å². The van der Waals surface area contributed by atoms with Gasteiger partial charge in [0, 0.05) is 55.9 Å². The maximum Gasteiger partial charge on any atom is 0.223 e. The van der Waals surface area contributed by atoms with Crippen LogP contribution in [0.25, 0.3) is 11.3 Å². The van der Waals surface area contributed by atoms with E-state index in [0.717, 1.165) is 48.6 Å². The van der Waals surface area contributed by atoms with Crippen LogP contribution >= 0.6 is 0 Å². The minimum atomic E-state index is 0.0436. The van der Waals surface area contributed by atoms with Gasteiger partial charge in [-0.2, -0.15) is 0 Å². The maximum atomic E-state index is 12.4. The molecule has 1 aliphatic rings. The van der Waals surface area contributed by atoms with E-state index in [1.165, 1.54) is 0 Å². The number of carbonyl (C=O) groups is 1. The quantitative estimate of drug-likeness (QED) is 0.739. The van der Waals surface area contributed by atoms with Crippen molar-refractivity contribution in [2.75, 3.05) is 18.0 Å². The van der Waals surface area contributed by atoms with Crippen molar-refractivity contribution in [3.8, 4) is 11.3 Å². The number of amides is 1. The summed E-state index contributed by atoms with van der Waals surface area (Å²) in [4.78, 5) is 22.6. The highest BCUT2D eigenvalue weighted by Crippen LogP contribution is 2.23. The number of hydrogen-bond acceptors (Lipinski definition) is 6. The molecule has 0 bridgehead atoms. The molecule has 7 nitrogen and oxygen atoms in total. The average molecular weight is 374 g/mol. The van der Waals surface area contributed by atoms with Crippen LogP contribution < -0.4 is 10.2 Å². The molecule has 0 saturated carbocycles. The second-order valence-electron chi connectivity index (χ2n) is 6.85. The molecular formula is C21H22N6O. The van der Waals surface area contributed by atoms with E-state index in [9.17, 15) is 4.79 Å². The monoisotopic (exact) mass is 374 g/mol. The van der Waals surface area contributed by atoms with Crippen molar-refractivity contribution >= 4 is 11.7 Å². The zero-order valence-corrected chi connectivity index (χ0v) is 15.5. The van der Waals surface area contributed by atoms with E-state index < -0.39 is 0 Å². The summed E-state index contributed by atoms with van der Waals surface area (Å²) in [5, 5.41) is 11.7. The molecule has 0 radical (unpaired) electrons. The molecule has 3 aromatic rings. The Balaban J connectivity index is 1.29. The Bertz CT molecular complexity index is 893. The third-order valence-corrected chi connectivity index (χ3v) is 5.03. The molecule has 142 valence electrons. The number of pyridine rings is 2. The molecule has 0 aromatic carbocycles. The topological polar surface area (TPSA) is 83.9 Å². The maximum absolute atomic E-state index is 12.4. The minimum absolute atomic E-state index is 0.0436. The molecule has 1 saturated heterocycles. The molecule has 0 unspecified atom stereocenters. The molecule has 0 atom stereocenters. The van der Waals surface area contributed by atoms with Crippen LogP contribution in [0.3, 0.4) is 0 Å². The molecule has 1 amide bonds. The van der Waals surface area contributed by atoms with Crippen molar-refractivity contribution < 1.29 is 4.79 Å². The molecule has 4 heterocycles. The number of nitrogens with zero attached hydrogens (tertiary/aromatic N) is 5. The summed E-state index contributed by atoms with van der Waals surface area (Å²) in [6, 6.07) is 11.6. The first-order valence-corrected chi connectivity index (χ1v) is 9.45. The molecule has 0 spiro atoms. The van der Waals surface area contributed by atoms with E-state index in [0.29, 0.717) is 6.54 Å². The molecule has 3 aromatic heterocycles. The molecule has 7 heteroatoms. The van der Waals surface area contributed by atoms with Gasteiger partial charge in [-0.15, -0.1) is 10.2 Å². The number of piperidine rings is 1. The Morgan fingerprint density at radius 2 is 1.61 bits per heavy atom. The molecule has 1 aliphatic heterocycles. The van der Waals surface area contributed by atoms with Gasteiger partial charge in [-0.25, -0.2) is 0 Å². The van der Waals surface area contributed by atoms with Gasteiger partial charge in [0.25, 0.3) is 0 Å². The number of aromatic nitrogens is 4. The largest absolute Gasteiger partial charge is 0.355 e. The Morgan fingerprint density at radius 1 is 0.929 bits per heavy atom. The van der Waals surface area contributed by atoms with Gasteiger partial charge in [-0.05, 0) is 54.8 Å². The fraction of sp³-hybridized carbons (Fsp3) is 0.286. The highest BCUT2D eigenvalue weighted by Gasteiger charge is 2.25. The summed E-state index contributed by atoms with van der Waals surface area (Å²) in [6.07, 6.45) is 8.60. The van der Waals surface area contributed by atoms with Gasteiger partial charge in [0.05, 0.1) is 5.69 Å². The van der Waals surface area contributed by atoms with Crippen LogP contribution in [0.5, 0.6) is 0 Å². The SMILES string of the molecule is O=C(NCc1ccncc1)C1CCN(c2ccc(-c3ccncc3)nn2)CC1. The van der Waals surface area contributed by atoms with Crippen LogP contribution in [0.2, 0.25) is 0 Å². The zero-order chi connectivity index (χ0) is 19.2. The predicted molar refractivity (Wildman–Crippen MR) is 106 cm³/mol. The molecular weight excluding hydrogens is 352 g/mol. The molecule has 1 fully saturated rings. The van der Waals surface area contributed by atoms with Crippen molar-refractivity contribution in [3.63, 3.8) is 0 Å². The lowest BCUT2D eigenvalue weighted by Gasteiger charge is -2.31. The van der Waals surface area contributed by atoms with Gasteiger partial charge >= 0.3 is 0 Å². The third-order valence-electron chi connectivity index (χ3n) is 5.03. The van der Waals surface area contributed by atoms with Gasteiger partial charge in [-0.3, -0.25) is 14.8 Å². The van der Waals surface area contributed by atoms with Crippen molar-refractivity contribution in [2.45, 2.75) is 19.4 Å². The number of anilines is 1. The van der Waals surface area contributed by atoms with Crippen molar-refractivity contribution in [3.05, 3.63) is 66.7 Å². The van der Waals surface area contributed by atoms with Crippen LogP contribution in [0.1, 0.15) is 18.4 Å². The lowest BCUT2D eigenvalue weighted by molar-refractivity contribution is -0.125. The highest BCUT2D eigenvalue weighted by molar-refractivity contribution is 5.79. The first kappa shape index (κ1) is 18.0. The van der Waals surface area contributed by atoms with Gasteiger partial charge in [-0.1, -0.05) is 0 Å². The summed E-state index contributed by atoms with van der Waals surface area (Å²) in [6.45, 7) is 2.15. The van der Waals surface area contributed by atoms with Crippen molar-refractivity contribution in [1.29, 1.82) is 0 Å². The first-order chi connectivity index (χ1) is 13.8. The summed E-state index contributed by atoms with van der Waals surface area (Å²) in [5.74, 6) is 1.02. The third kappa shape index (κ3) is 4.31. The standard InChI is InChI=1S/C21H22N6O/c28-21(24-15-16-3-9-22-10-4-16)18-7-13-27(14-8-18)20-2-1-19(25-26-20)17-5-11-23-12-6-17/h1-6,9-12,18H,7-8,13-15H2,(H,24,28). The Morgan fingerprint density at radius 3 is 2.25 bits per heavy atom. The fourth-order valence-electron chi connectivity index (χ4n) is 3.38. The smallest absolute Gasteiger partial charge is 0.223 e. The molecule has 28 heavy (non-hydrogen) atoms. The van der Waals surface area contributed by atoms with Crippen LogP contribution in [0.4, 0.5) is 5.82 Å². The van der Waals surface area contributed by atoms with Gasteiger partial charge in [0.2, 0.25) is 5.91 Å². The predicted octanol–water partition coefficient (Wildman–Crippen LogP) is 2.47. The van der Waals surface area contributed by atoms with E-state index in [1.54, 1.807) is 24.8 Å². The molecule has 4 rings (SSSR count). The normalized spacial score (nSPS) is 14.6. The second kappa shape index (κ2) is 8.56. The number of hydrogen-bond donors (Lipinski definition) is 1. The van der Waals surface area contributed by atoms with E-state index in [2.05, 4.69) is 30.4 Å². The average Bonchev–Trinajstić information content (AvgIpc) is 2.79. The second-order valence-corrected chi connectivity index (χ2v) is 6.85. The number of carbonyl (C=O) groups excluding carboxylic acids is 1. The number of nitrogens with one attached hydrogen (secondary N) is 1. The van der Waals surface area contributed by atoms with E-state index in [1.807, 2.05) is 36.4 Å². The fourth-order valence-corrected chi connectivity index (χ4v) is 3.38. The molecule has 0 aliphatic carbocycles. The van der Waals surface area contributed by atoms with Gasteiger partial charge in [0.1, 0.15) is 0 Å². The van der Waals surface area contributed by atoms with Gasteiger partial charge in [0.15, 0.2) is 5.82 Å². The van der Waals surface area contributed by atoms with Crippen molar-refractivity contribution in [2.24, 2.45) is 5.92 Å². The summed E-state index contributed by atoms with van der Waals surface area (Å²) >= 11 is 0. The van der Waals surface area contributed by atoms with E-state index >= 15 is 0 Å².